The molecule has 0 unspecified atom stereocenters. The predicted octanol–water partition coefficient (Wildman–Crippen LogP) is 5.14. The molecule has 2 heterocycles. The van der Waals surface area contributed by atoms with E-state index in [1.807, 2.05) is 24.3 Å². The number of anilines is 1. The Morgan fingerprint density at radius 2 is 1.96 bits per heavy atom. The minimum Gasteiger partial charge on any atom is -0.368 e. The Morgan fingerprint density at radius 1 is 1.17 bits per heavy atom. The molecular formula is C18H18ClFN4. The number of hydrogen-bond donors (Lipinski definition) is 2. The van der Waals surface area contributed by atoms with Gasteiger partial charge < -0.3 is 5.32 Å². The Hall–Kier alpha value is -2.40. The molecule has 24 heavy (non-hydrogen) atoms. The molecule has 4 nitrogen and oxygen atoms in total. The molecule has 0 saturated carbocycles. The van der Waals surface area contributed by atoms with E-state index in [0.717, 1.165) is 41.8 Å². The lowest BCUT2D eigenvalue weighted by Crippen LogP contribution is -2.02. The van der Waals surface area contributed by atoms with E-state index in [0.29, 0.717) is 10.8 Å². The van der Waals surface area contributed by atoms with Crippen LogP contribution in [0, 0.1) is 5.95 Å². The molecule has 0 saturated heterocycles. The summed E-state index contributed by atoms with van der Waals surface area (Å²) in [5.74, 6) is 0.189. The summed E-state index contributed by atoms with van der Waals surface area (Å²) in [5.41, 5.74) is 3.30. The third-order valence-corrected chi connectivity index (χ3v) is 3.99. The van der Waals surface area contributed by atoms with Crippen molar-refractivity contribution in [2.24, 2.45) is 0 Å². The highest BCUT2D eigenvalue weighted by atomic mass is 35.5. The van der Waals surface area contributed by atoms with Gasteiger partial charge in [0.2, 0.25) is 5.95 Å². The molecule has 0 aliphatic carbocycles. The van der Waals surface area contributed by atoms with Crippen LogP contribution >= 0.6 is 11.6 Å². The maximum Gasteiger partial charge on any atom is 0.213 e. The molecule has 1 aromatic carbocycles. The SMILES string of the molecule is CCCCNc1n[nH]c(-c2ccc(Cl)cc2)c1-c1ccnc(F)c1. The van der Waals surface area contributed by atoms with E-state index in [4.69, 9.17) is 11.6 Å². The van der Waals surface area contributed by atoms with E-state index in [-0.39, 0.29) is 0 Å². The number of rotatable bonds is 6. The lowest BCUT2D eigenvalue weighted by atomic mass is 10.0. The van der Waals surface area contributed by atoms with Crippen LogP contribution in [0.25, 0.3) is 22.4 Å². The van der Waals surface area contributed by atoms with Gasteiger partial charge in [-0.3, -0.25) is 5.10 Å². The summed E-state index contributed by atoms with van der Waals surface area (Å²) < 4.78 is 13.6. The van der Waals surface area contributed by atoms with Crippen molar-refractivity contribution in [3.8, 4) is 22.4 Å². The molecule has 124 valence electrons. The van der Waals surface area contributed by atoms with Gasteiger partial charge in [0.05, 0.1) is 11.3 Å². The van der Waals surface area contributed by atoms with Gasteiger partial charge in [0.1, 0.15) is 0 Å². The van der Waals surface area contributed by atoms with Crippen molar-refractivity contribution in [2.75, 3.05) is 11.9 Å². The maximum absolute atomic E-state index is 13.6. The largest absolute Gasteiger partial charge is 0.368 e. The lowest BCUT2D eigenvalue weighted by molar-refractivity contribution is 0.584. The molecule has 0 spiro atoms. The summed E-state index contributed by atoms with van der Waals surface area (Å²) >= 11 is 5.97. The number of nitrogens with zero attached hydrogens (tertiary/aromatic N) is 2. The summed E-state index contributed by atoms with van der Waals surface area (Å²) in [7, 11) is 0. The fourth-order valence-electron chi connectivity index (χ4n) is 2.52. The Labute approximate surface area is 145 Å². The number of pyridine rings is 1. The van der Waals surface area contributed by atoms with E-state index < -0.39 is 5.95 Å². The van der Waals surface area contributed by atoms with E-state index in [1.165, 1.54) is 12.3 Å². The first-order chi connectivity index (χ1) is 11.7. The summed E-state index contributed by atoms with van der Waals surface area (Å²) in [6.07, 6.45) is 3.58. The molecule has 2 N–H and O–H groups in total. The van der Waals surface area contributed by atoms with E-state index in [1.54, 1.807) is 6.07 Å². The van der Waals surface area contributed by atoms with Gasteiger partial charge in [0.25, 0.3) is 0 Å². The average Bonchev–Trinajstić information content (AvgIpc) is 3.00. The molecule has 0 atom stereocenters. The van der Waals surface area contributed by atoms with Gasteiger partial charge in [0, 0.05) is 29.4 Å². The first kappa shape index (κ1) is 16.5. The average molecular weight is 345 g/mol. The van der Waals surface area contributed by atoms with Crippen LogP contribution < -0.4 is 5.32 Å². The Bertz CT molecular complexity index is 814. The molecule has 0 fully saturated rings. The number of nitrogens with one attached hydrogen (secondary N) is 2. The first-order valence-corrected chi connectivity index (χ1v) is 8.27. The van der Waals surface area contributed by atoms with Crippen molar-refractivity contribution in [1.82, 2.24) is 15.2 Å². The third-order valence-electron chi connectivity index (χ3n) is 3.74. The molecular weight excluding hydrogens is 327 g/mol. The molecule has 6 heteroatoms. The van der Waals surface area contributed by atoms with E-state index in [2.05, 4.69) is 27.4 Å². The lowest BCUT2D eigenvalue weighted by Gasteiger charge is -2.08. The van der Waals surface area contributed by atoms with Crippen molar-refractivity contribution in [3.05, 3.63) is 53.6 Å². The van der Waals surface area contributed by atoms with Crippen molar-refractivity contribution in [2.45, 2.75) is 19.8 Å². The maximum atomic E-state index is 13.6. The van der Waals surface area contributed by atoms with Gasteiger partial charge in [-0.25, -0.2) is 4.98 Å². The number of unbranched alkanes of at least 4 members (excludes halogenated alkanes) is 1. The number of H-pyrrole nitrogens is 1. The predicted molar refractivity (Wildman–Crippen MR) is 95.6 cm³/mol. The second kappa shape index (κ2) is 7.45. The summed E-state index contributed by atoms with van der Waals surface area (Å²) in [6.45, 7) is 2.94. The van der Waals surface area contributed by atoms with Gasteiger partial charge in [0.15, 0.2) is 5.82 Å². The summed E-state index contributed by atoms with van der Waals surface area (Å²) in [5, 5.41) is 11.4. The van der Waals surface area contributed by atoms with Crippen LogP contribution in [0.2, 0.25) is 5.02 Å². The van der Waals surface area contributed by atoms with Gasteiger partial charge in [-0.1, -0.05) is 37.1 Å². The molecule has 3 rings (SSSR count). The molecule has 3 aromatic rings. The number of aromatic nitrogens is 3. The van der Waals surface area contributed by atoms with Crippen molar-refractivity contribution in [3.63, 3.8) is 0 Å². The standard InChI is InChI=1S/C18H18ClFN4/c1-2-3-9-22-18-16(13-8-10-21-15(20)11-13)17(23-24-18)12-4-6-14(19)7-5-12/h4-8,10-11H,2-3,9H2,1H3,(H2,22,23,24). The van der Waals surface area contributed by atoms with Crippen LogP contribution in [0.15, 0.2) is 42.6 Å². The van der Waals surface area contributed by atoms with Gasteiger partial charge >= 0.3 is 0 Å². The van der Waals surface area contributed by atoms with E-state index in [9.17, 15) is 4.39 Å². The normalized spacial score (nSPS) is 10.8. The molecule has 0 radical (unpaired) electrons. The van der Waals surface area contributed by atoms with Gasteiger partial charge in [-0.05, 0) is 30.2 Å². The zero-order valence-electron chi connectivity index (χ0n) is 13.3. The Balaban J connectivity index is 2.07. The van der Waals surface area contributed by atoms with Crippen molar-refractivity contribution in [1.29, 1.82) is 0 Å². The van der Waals surface area contributed by atoms with Gasteiger partial charge in [-0.2, -0.15) is 9.49 Å². The fourth-order valence-corrected chi connectivity index (χ4v) is 2.64. The minimum absolute atomic E-state index is 0.518. The number of aromatic amines is 1. The zero-order valence-corrected chi connectivity index (χ0v) is 14.1. The van der Waals surface area contributed by atoms with Crippen LogP contribution in [0.1, 0.15) is 19.8 Å². The summed E-state index contributed by atoms with van der Waals surface area (Å²) in [4.78, 5) is 3.63. The number of benzene rings is 1. The second-order valence-electron chi connectivity index (χ2n) is 5.48. The van der Waals surface area contributed by atoms with E-state index >= 15 is 0 Å². The number of hydrogen-bond acceptors (Lipinski definition) is 3. The molecule has 0 amide bonds. The molecule has 0 bridgehead atoms. The second-order valence-corrected chi connectivity index (χ2v) is 5.91. The van der Waals surface area contributed by atoms with Crippen LogP contribution in [-0.4, -0.2) is 21.7 Å². The smallest absolute Gasteiger partial charge is 0.213 e. The topological polar surface area (TPSA) is 53.6 Å². The molecule has 0 aliphatic heterocycles. The molecule has 2 aromatic heterocycles. The monoisotopic (exact) mass is 344 g/mol. The van der Waals surface area contributed by atoms with Crippen molar-refractivity contribution < 1.29 is 4.39 Å². The minimum atomic E-state index is -0.518. The molecule has 0 aliphatic rings. The first-order valence-electron chi connectivity index (χ1n) is 7.89. The van der Waals surface area contributed by atoms with Gasteiger partial charge in [-0.15, -0.1) is 0 Å². The Morgan fingerprint density at radius 3 is 2.67 bits per heavy atom. The Kier molecular flexibility index (Phi) is 5.11. The van der Waals surface area contributed by atoms with Crippen LogP contribution in [-0.2, 0) is 0 Å². The highest BCUT2D eigenvalue weighted by Gasteiger charge is 2.17. The fraction of sp³-hybridized carbons (Fsp3) is 0.222. The van der Waals surface area contributed by atoms with Crippen LogP contribution in [0.5, 0.6) is 0 Å². The third kappa shape index (κ3) is 3.57. The quantitative estimate of drug-likeness (QED) is 0.480. The van der Waals surface area contributed by atoms with Crippen LogP contribution in [0.4, 0.5) is 10.2 Å². The highest BCUT2D eigenvalue weighted by Crippen LogP contribution is 2.36. The number of halogens is 2. The van der Waals surface area contributed by atoms with Crippen molar-refractivity contribution >= 4 is 17.4 Å². The zero-order chi connectivity index (χ0) is 16.9. The van der Waals surface area contributed by atoms with Crippen LogP contribution in [0.3, 0.4) is 0 Å². The summed E-state index contributed by atoms with van der Waals surface area (Å²) in [6, 6.07) is 10.6. The highest BCUT2D eigenvalue weighted by molar-refractivity contribution is 6.30.